The van der Waals surface area contributed by atoms with Crippen molar-refractivity contribution in [1.29, 1.82) is 0 Å². The van der Waals surface area contributed by atoms with Gasteiger partial charge in [0, 0.05) is 69.5 Å². The number of thiophene rings is 2. The van der Waals surface area contributed by atoms with E-state index >= 15 is 0 Å². The molecule has 8 aromatic carbocycles. The first-order chi connectivity index (χ1) is 33.1. The number of ether oxygens (including phenoxy) is 2. The lowest BCUT2D eigenvalue weighted by Crippen LogP contribution is -2.56. The largest absolute Gasteiger partial charge is 0.457 e. The maximum atomic E-state index is 7.75. The SMILES string of the molecule is CC(C)(C)c1ccc2sc3c(c2c1)Oc1cc(-n2c4ccccc4c4ccccc42)cc2c1B3c1cc3c(sc4ccccc43)c(-n3c4ccc(C(C)(C)C)cc4c4cc(C(C)(C)C)ccc43)c1O2. The molecule has 14 rings (SSSR count). The molecule has 12 aromatic rings. The molecule has 0 bridgehead atoms. The number of aromatic nitrogens is 2. The lowest BCUT2D eigenvalue weighted by Gasteiger charge is -2.33. The Labute approximate surface area is 410 Å². The fourth-order valence-electron chi connectivity index (χ4n) is 11.4. The van der Waals surface area contributed by atoms with Crippen LogP contribution in [0, 0.1) is 0 Å². The number of hydrogen-bond donors (Lipinski definition) is 0. The van der Waals surface area contributed by atoms with E-state index in [0.717, 1.165) is 50.9 Å². The summed E-state index contributed by atoms with van der Waals surface area (Å²) in [5.41, 5.74) is 12.9. The average Bonchev–Trinajstić information content (AvgIpc) is 4.07. The number of rotatable bonds is 2. The van der Waals surface area contributed by atoms with E-state index in [9.17, 15) is 0 Å². The topological polar surface area (TPSA) is 28.3 Å². The van der Waals surface area contributed by atoms with Crippen LogP contribution < -0.4 is 25.2 Å². The lowest BCUT2D eigenvalue weighted by molar-refractivity contribution is 0.467. The summed E-state index contributed by atoms with van der Waals surface area (Å²) < 4.78 is 25.0. The third-order valence-electron chi connectivity index (χ3n) is 15.1. The molecule has 0 unspecified atom stereocenters. The lowest BCUT2D eigenvalue weighted by atomic mass is 9.37. The Balaban J connectivity index is 1.13. The molecule has 0 aliphatic carbocycles. The van der Waals surface area contributed by atoms with Crippen LogP contribution >= 0.6 is 22.7 Å². The molecule has 4 nitrogen and oxygen atoms in total. The number of benzene rings is 8. The van der Waals surface area contributed by atoms with E-state index in [2.05, 4.69) is 217 Å². The molecule has 0 atom stereocenters. The second kappa shape index (κ2) is 13.9. The molecular formula is C62H51BN2O2S2. The number of nitrogens with zero attached hydrogens (tertiary/aromatic N) is 2. The van der Waals surface area contributed by atoms with Gasteiger partial charge in [-0.25, -0.2) is 0 Å². The van der Waals surface area contributed by atoms with Crippen LogP contribution in [0.15, 0.2) is 146 Å². The molecule has 336 valence electrons. The summed E-state index contributed by atoms with van der Waals surface area (Å²) in [6, 6.07) is 54.7. The Kier molecular flexibility index (Phi) is 8.32. The first kappa shape index (κ1) is 41.2. The molecule has 4 aromatic heterocycles. The Bertz CT molecular complexity index is 4090. The number of fused-ring (bicyclic) bond motifs is 15. The minimum Gasteiger partial charge on any atom is -0.457 e. The molecule has 0 saturated heterocycles. The Hall–Kier alpha value is -6.80. The fraction of sp³-hybridized carbons (Fsp3) is 0.194. The van der Waals surface area contributed by atoms with Gasteiger partial charge in [-0.15, -0.1) is 22.7 Å². The zero-order valence-electron chi connectivity index (χ0n) is 40.5. The summed E-state index contributed by atoms with van der Waals surface area (Å²) in [5.74, 6) is 3.52. The van der Waals surface area contributed by atoms with Crippen molar-refractivity contribution in [3.63, 3.8) is 0 Å². The fourth-order valence-corrected chi connectivity index (χ4v) is 13.9. The monoisotopic (exact) mass is 930 g/mol. The van der Waals surface area contributed by atoms with Crippen LogP contribution in [-0.2, 0) is 16.2 Å². The molecule has 0 saturated carbocycles. The van der Waals surface area contributed by atoms with Crippen molar-refractivity contribution in [3.05, 3.63) is 162 Å². The van der Waals surface area contributed by atoms with Crippen LogP contribution in [0.4, 0.5) is 0 Å². The summed E-state index contributed by atoms with van der Waals surface area (Å²) in [4.78, 5) is 0. The van der Waals surface area contributed by atoms with E-state index < -0.39 is 0 Å². The highest BCUT2D eigenvalue weighted by molar-refractivity contribution is 7.33. The minimum atomic E-state index is -0.139. The summed E-state index contributed by atoms with van der Waals surface area (Å²) in [7, 11) is 0. The van der Waals surface area contributed by atoms with Gasteiger partial charge in [0.1, 0.15) is 28.7 Å². The Morgan fingerprint density at radius 1 is 0.420 bits per heavy atom. The molecule has 0 fully saturated rings. The van der Waals surface area contributed by atoms with E-state index in [1.807, 2.05) is 22.7 Å². The van der Waals surface area contributed by atoms with Crippen LogP contribution in [0.5, 0.6) is 23.0 Å². The predicted molar refractivity (Wildman–Crippen MR) is 297 cm³/mol. The van der Waals surface area contributed by atoms with E-state index in [4.69, 9.17) is 9.47 Å². The zero-order chi connectivity index (χ0) is 47.0. The van der Waals surface area contributed by atoms with Gasteiger partial charge in [0.05, 0.1) is 32.5 Å². The summed E-state index contributed by atoms with van der Waals surface area (Å²) in [6.07, 6.45) is 0. The normalized spacial score (nSPS) is 13.8. The van der Waals surface area contributed by atoms with Crippen LogP contribution in [0.25, 0.3) is 85.2 Å². The van der Waals surface area contributed by atoms with Crippen LogP contribution in [0.1, 0.15) is 79.0 Å². The summed E-state index contributed by atoms with van der Waals surface area (Å²) in [5, 5.41) is 8.63. The van der Waals surface area contributed by atoms with E-state index in [1.54, 1.807) is 0 Å². The molecule has 69 heavy (non-hydrogen) atoms. The van der Waals surface area contributed by atoms with E-state index in [-0.39, 0.29) is 23.0 Å². The van der Waals surface area contributed by atoms with Crippen LogP contribution in [0.3, 0.4) is 0 Å². The predicted octanol–water partition coefficient (Wildman–Crippen LogP) is 16.1. The van der Waals surface area contributed by atoms with Crippen molar-refractivity contribution in [2.75, 3.05) is 0 Å². The second-order valence-corrected chi connectivity index (χ2v) is 24.7. The van der Waals surface area contributed by atoms with Crippen LogP contribution in [0.2, 0.25) is 0 Å². The van der Waals surface area contributed by atoms with Crippen molar-refractivity contribution in [3.8, 4) is 34.4 Å². The van der Waals surface area contributed by atoms with Crippen LogP contribution in [-0.4, -0.2) is 15.8 Å². The van der Waals surface area contributed by atoms with Gasteiger partial charge in [-0.05, 0) is 93.0 Å². The van der Waals surface area contributed by atoms with Crippen molar-refractivity contribution in [2.45, 2.75) is 78.6 Å². The average molecular weight is 931 g/mol. The quantitative estimate of drug-likeness (QED) is 0.162. The van der Waals surface area contributed by atoms with Gasteiger partial charge < -0.3 is 18.6 Å². The molecule has 0 N–H and O–H groups in total. The molecule has 6 heterocycles. The van der Waals surface area contributed by atoms with Gasteiger partial charge in [-0.3, -0.25) is 0 Å². The molecule has 2 aliphatic heterocycles. The highest BCUT2D eigenvalue weighted by Gasteiger charge is 2.45. The van der Waals surface area contributed by atoms with Gasteiger partial charge in [-0.1, -0.05) is 141 Å². The molecule has 0 radical (unpaired) electrons. The summed E-state index contributed by atoms with van der Waals surface area (Å²) >= 11 is 3.73. The summed E-state index contributed by atoms with van der Waals surface area (Å²) in [6.45, 7) is 20.6. The Morgan fingerprint density at radius 2 is 0.913 bits per heavy atom. The molecule has 0 amide bonds. The second-order valence-electron chi connectivity index (χ2n) is 22.5. The van der Waals surface area contributed by atoms with E-state index in [0.29, 0.717) is 0 Å². The van der Waals surface area contributed by atoms with Gasteiger partial charge in [0.2, 0.25) is 0 Å². The van der Waals surface area contributed by atoms with Crippen molar-refractivity contribution < 1.29 is 9.47 Å². The number of para-hydroxylation sites is 2. The van der Waals surface area contributed by atoms with Crippen molar-refractivity contribution >= 4 is 119 Å². The Morgan fingerprint density at radius 3 is 1.51 bits per heavy atom. The van der Waals surface area contributed by atoms with Crippen molar-refractivity contribution in [2.24, 2.45) is 0 Å². The highest BCUT2D eigenvalue weighted by atomic mass is 32.1. The first-order valence-electron chi connectivity index (χ1n) is 24.3. The number of hydrogen-bond acceptors (Lipinski definition) is 4. The van der Waals surface area contributed by atoms with Gasteiger partial charge in [-0.2, -0.15) is 0 Å². The highest BCUT2D eigenvalue weighted by Crippen LogP contribution is 2.50. The molecule has 2 aliphatic rings. The first-order valence-corrected chi connectivity index (χ1v) is 25.9. The smallest absolute Gasteiger partial charge is 0.273 e. The maximum Gasteiger partial charge on any atom is 0.273 e. The molecular weight excluding hydrogens is 880 g/mol. The van der Waals surface area contributed by atoms with Gasteiger partial charge in [0.25, 0.3) is 6.71 Å². The third-order valence-corrected chi connectivity index (χ3v) is 17.5. The van der Waals surface area contributed by atoms with Gasteiger partial charge >= 0.3 is 0 Å². The third kappa shape index (κ3) is 5.87. The van der Waals surface area contributed by atoms with Gasteiger partial charge in [0.15, 0.2) is 0 Å². The van der Waals surface area contributed by atoms with E-state index in [1.165, 1.54) is 89.8 Å². The standard InChI is InChI=1S/C62H51BN2O2S2/c1-60(2,3)34-22-25-48-41(28-34)42-29-35(61(4,5)6)23-26-49(42)65(48)55-57-45(33-43-40-18-12-15-21-52(40)68-58(43)55)63-54-50(66-56-44-30-36(62(7,8)9)24-27-53(44)69-59(56)63)31-37(32-51(54)67-57)64-46-19-13-10-16-38(46)39-17-11-14-20-47(39)64/h10-33H,1-9H3. The molecule has 0 spiro atoms. The van der Waals surface area contributed by atoms with Crippen molar-refractivity contribution in [1.82, 2.24) is 9.13 Å². The minimum absolute atomic E-state index is 0.0217. The maximum absolute atomic E-state index is 7.75. The molecule has 7 heteroatoms. The zero-order valence-corrected chi connectivity index (χ0v) is 42.1.